The van der Waals surface area contributed by atoms with Gasteiger partial charge < -0.3 is 5.21 Å². The van der Waals surface area contributed by atoms with Crippen LogP contribution in [-0.4, -0.2) is 23.0 Å². The highest BCUT2D eigenvalue weighted by Gasteiger charge is 2.30. The molecule has 5 nitrogen and oxygen atoms in total. The van der Waals surface area contributed by atoms with Gasteiger partial charge in [-0.15, -0.1) is 0 Å². The molecule has 2 aromatic carbocycles. The minimum atomic E-state index is -4.53. The van der Waals surface area contributed by atoms with E-state index < -0.39 is 17.6 Å². The van der Waals surface area contributed by atoms with Crippen LogP contribution in [0.25, 0.3) is 0 Å². The Labute approximate surface area is 149 Å². The molecular formula is C16H11BrF3N3O2. The molecule has 0 radical (unpaired) electrons. The summed E-state index contributed by atoms with van der Waals surface area (Å²) in [7, 11) is 0. The van der Waals surface area contributed by atoms with Gasteiger partial charge in [-0.05, 0) is 40.2 Å². The number of carbonyl (C=O) groups is 1. The fourth-order valence-electron chi connectivity index (χ4n) is 1.89. The van der Waals surface area contributed by atoms with Gasteiger partial charge in [0.1, 0.15) is 5.71 Å². The van der Waals surface area contributed by atoms with Crippen molar-refractivity contribution >= 4 is 33.8 Å². The summed E-state index contributed by atoms with van der Waals surface area (Å²) in [6.07, 6.45) is -3.70. The number of hydrogen-bond donors (Lipinski definition) is 2. The van der Waals surface area contributed by atoms with Crippen LogP contribution >= 0.6 is 15.9 Å². The van der Waals surface area contributed by atoms with E-state index in [1.165, 1.54) is 12.1 Å². The van der Waals surface area contributed by atoms with Gasteiger partial charge in [0.2, 0.25) is 0 Å². The number of amides is 1. The lowest BCUT2D eigenvalue weighted by Crippen LogP contribution is -2.21. The van der Waals surface area contributed by atoms with Gasteiger partial charge in [-0.3, -0.25) is 4.79 Å². The molecule has 2 aromatic rings. The number of alkyl halides is 3. The maximum absolute atomic E-state index is 12.8. The highest BCUT2D eigenvalue weighted by Crippen LogP contribution is 2.29. The SMILES string of the molecule is O=C(N/N=C(\C=N\O)c1cccc(C(F)(F)F)c1)c1ccccc1Br. The summed E-state index contributed by atoms with van der Waals surface area (Å²) < 4.78 is 38.9. The molecule has 0 heterocycles. The first-order valence-corrected chi connectivity index (χ1v) is 7.60. The maximum Gasteiger partial charge on any atom is 0.416 e. The Hall–Kier alpha value is -2.68. The van der Waals surface area contributed by atoms with Crippen LogP contribution in [0.15, 0.2) is 63.3 Å². The van der Waals surface area contributed by atoms with E-state index in [9.17, 15) is 18.0 Å². The number of nitrogens with one attached hydrogen (secondary N) is 1. The molecule has 0 fully saturated rings. The fourth-order valence-corrected chi connectivity index (χ4v) is 2.36. The Bertz CT molecular complexity index is 835. The van der Waals surface area contributed by atoms with Gasteiger partial charge in [-0.1, -0.05) is 29.4 Å². The van der Waals surface area contributed by atoms with Crippen molar-refractivity contribution in [1.29, 1.82) is 0 Å². The van der Waals surface area contributed by atoms with E-state index >= 15 is 0 Å². The van der Waals surface area contributed by atoms with Crippen molar-refractivity contribution in [2.75, 3.05) is 0 Å². The normalized spacial score (nSPS) is 12.4. The standard InChI is InChI=1S/C16H11BrF3N3O2/c17-13-7-2-1-6-12(13)15(24)23-22-14(9-21-25)10-4-3-5-11(8-10)16(18,19)20/h1-9,25H,(H,23,24)/b21-9+,22-14+. The molecule has 0 spiro atoms. The molecule has 0 atom stereocenters. The third-order valence-electron chi connectivity index (χ3n) is 3.06. The van der Waals surface area contributed by atoms with Gasteiger partial charge in [0.15, 0.2) is 0 Å². The number of hydrogen-bond acceptors (Lipinski definition) is 4. The molecule has 0 aliphatic heterocycles. The molecule has 25 heavy (non-hydrogen) atoms. The van der Waals surface area contributed by atoms with Crippen molar-refractivity contribution in [3.8, 4) is 0 Å². The van der Waals surface area contributed by atoms with E-state index in [1.54, 1.807) is 24.3 Å². The van der Waals surface area contributed by atoms with Gasteiger partial charge in [0.25, 0.3) is 5.91 Å². The predicted molar refractivity (Wildman–Crippen MR) is 89.9 cm³/mol. The molecular weight excluding hydrogens is 403 g/mol. The lowest BCUT2D eigenvalue weighted by atomic mass is 10.1. The van der Waals surface area contributed by atoms with Crippen LogP contribution in [0.4, 0.5) is 13.2 Å². The van der Waals surface area contributed by atoms with E-state index in [0.29, 0.717) is 4.47 Å². The van der Waals surface area contributed by atoms with Crippen molar-refractivity contribution in [2.24, 2.45) is 10.3 Å². The lowest BCUT2D eigenvalue weighted by Gasteiger charge is -2.09. The summed E-state index contributed by atoms with van der Waals surface area (Å²) in [5, 5.41) is 15.2. The van der Waals surface area contributed by atoms with Crippen LogP contribution in [0, 0.1) is 0 Å². The second-order valence-corrected chi connectivity index (χ2v) is 5.60. The Morgan fingerprint density at radius 2 is 1.88 bits per heavy atom. The number of oxime groups is 1. The van der Waals surface area contributed by atoms with Crippen LogP contribution in [0.1, 0.15) is 21.5 Å². The summed E-state index contributed by atoms with van der Waals surface area (Å²) in [6.45, 7) is 0. The Morgan fingerprint density at radius 1 is 1.16 bits per heavy atom. The summed E-state index contributed by atoms with van der Waals surface area (Å²) in [6, 6.07) is 10.8. The smallest absolute Gasteiger partial charge is 0.411 e. The number of hydrazone groups is 1. The van der Waals surface area contributed by atoms with Gasteiger partial charge in [-0.25, -0.2) is 5.43 Å². The number of carbonyl (C=O) groups excluding carboxylic acids is 1. The molecule has 0 aliphatic carbocycles. The first-order chi connectivity index (χ1) is 11.8. The van der Waals surface area contributed by atoms with Crippen LogP contribution in [0.3, 0.4) is 0 Å². The van der Waals surface area contributed by atoms with E-state index in [2.05, 4.69) is 31.6 Å². The molecule has 130 valence electrons. The number of halogens is 4. The zero-order valence-electron chi connectivity index (χ0n) is 12.5. The van der Waals surface area contributed by atoms with Gasteiger partial charge >= 0.3 is 6.18 Å². The molecule has 2 rings (SSSR count). The van der Waals surface area contributed by atoms with Crippen LogP contribution in [0.2, 0.25) is 0 Å². The van der Waals surface area contributed by atoms with E-state index in [4.69, 9.17) is 5.21 Å². The van der Waals surface area contributed by atoms with Crippen molar-refractivity contribution in [1.82, 2.24) is 5.43 Å². The van der Waals surface area contributed by atoms with Crippen molar-refractivity contribution in [3.63, 3.8) is 0 Å². The highest BCUT2D eigenvalue weighted by molar-refractivity contribution is 9.10. The van der Waals surface area contributed by atoms with Gasteiger partial charge in [0.05, 0.1) is 17.3 Å². The Balaban J connectivity index is 2.31. The molecule has 0 aromatic heterocycles. The quantitative estimate of drug-likeness (QED) is 0.450. The molecule has 0 aliphatic rings. The average molecular weight is 414 g/mol. The third-order valence-corrected chi connectivity index (χ3v) is 3.75. The van der Waals surface area contributed by atoms with Crippen molar-refractivity contribution < 1.29 is 23.2 Å². The largest absolute Gasteiger partial charge is 0.416 e. The molecule has 0 bridgehead atoms. The summed E-state index contributed by atoms with van der Waals surface area (Å²) in [5.41, 5.74) is 1.50. The average Bonchev–Trinajstić information content (AvgIpc) is 2.58. The first-order valence-electron chi connectivity index (χ1n) is 6.80. The van der Waals surface area contributed by atoms with Crippen LogP contribution in [-0.2, 0) is 6.18 Å². The van der Waals surface area contributed by atoms with Crippen molar-refractivity contribution in [3.05, 3.63) is 69.7 Å². The summed E-state index contributed by atoms with van der Waals surface area (Å²) in [4.78, 5) is 12.1. The molecule has 1 amide bonds. The summed E-state index contributed by atoms with van der Waals surface area (Å²) in [5.74, 6) is -0.580. The lowest BCUT2D eigenvalue weighted by molar-refractivity contribution is -0.137. The van der Waals surface area contributed by atoms with E-state index in [-0.39, 0.29) is 16.8 Å². The fraction of sp³-hybridized carbons (Fsp3) is 0.0625. The molecule has 0 saturated heterocycles. The minimum absolute atomic E-state index is 0.0278. The molecule has 0 saturated carbocycles. The topological polar surface area (TPSA) is 74.0 Å². The van der Waals surface area contributed by atoms with Crippen LogP contribution in [0.5, 0.6) is 0 Å². The Kier molecular flexibility index (Phi) is 5.92. The zero-order valence-corrected chi connectivity index (χ0v) is 14.0. The number of nitrogens with zero attached hydrogens (tertiary/aromatic N) is 2. The highest BCUT2D eigenvalue weighted by atomic mass is 79.9. The minimum Gasteiger partial charge on any atom is -0.411 e. The van der Waals surface area contributed by atoms with Gasteiger partial charge in [0, 0.05) is 10.0 Å². The number of rotatable bonds is 4. The van der Waals surface area contributed by atoms with E-state index in [1.807, 2.05) is 0 Å². The second kappa shape index (κ2) is 7.93. The van der Waals surface area contributed by atoms with Gasteiger partial charge in [-0.2, -0.15) is 18.3 Å². The molecule has 0 unspecified atom stereocenters. The van der Waals surface area contributed by atoms with E-state index in [0.717, 1.165) is 18.3 Å². The molecule has 2 N–H and O–H groups in total. The monoisotopic (exact) mass is 413 g/mol. The summed E-state index contributed by atoms with van der Waals surface area (Å²) >= 11 is 3.21. The zero-order chi connectivity index (χ0) is 18.4. The third kappa shape index (κ3) is 4.90. The van der Waals surface area contributed by atoms with Crippen molar-refractivity contribution in [2.45, 2.75) is 6.18 Å². The Morgan fingerprint density at radius 3 is 2.52 bits per heavy atom. The second-order valence-electron chi connectivity index (χ2n) is 4.74. The predicted octanol–water partition coefficient (Wildman–Crippen LogP) is 4.06. The molecule has 9 heteroatoms. The first kappa shape index (κ1) is 18.7. The van der Waals surface area contributed by atoms with Crippen LogP contribution < -0.4 is 5.43 Å². The maximum atomic E-state index is 12.8. The number of benzene rings is 2.